The Hall–Kier alpha value is 1.94. The van der Waals surface area contributed by atoms with E-state index in [0.29, 0.717) is 0 Å². The maximum atomic E-state index is 3.28. The summed E-state index contributed by atoms with van der Waals surface area (Å²) in [5.74, 6) is 0. The molecular formula is C6H4BrClILiZn. The van der Waals surface area contributed by atoms with Gasteiger partial charge in [-0.05, 0) is 0 Å². The van der Waals surface area contributed by atoms with E-state index in [2.05, 4.69) is 41.7 Å². The molecule has 0 atom stereocenters. The number of rotatable bonds is 0. The van der Waals surface area contributed by atoms with Gasteiger partial charge in [0.15, 0.2) is 0 Å². The van der Waals surface area contributed by atoms with E-state index in [1.807, 2.05) is 24.3 Å². The van der Waals surface area contributed by atoms with Crippen LogP contribution in [-0.2, 0) is 14.8 Å². The summed E-state index contributed by atoms with van der Waals surface area (Å²) in [6.45, 7) is 0. The van der Waals surface area contributed by atoms with Crippen LogP contribution in [0.4, 0.5) is 0 Å². The van der Waals surface area contributed by atoms with Crippen molar-refractivity contribution in [2.45, 2.75) is 0 Å². The van der Waals surface area contributed by atoms with E-state index in [9.17, 15) is 0 Å². The fraction of sp³-hybridized carbons (Fsp3) is 0. The Morgan fingerprint density at radius 3 is 2.18 bits per heavy atom. The van der Waals surface area contributed by atoms with Crippen molar-refractivity contribution < 1.29 is 46.1 Å². The van der Waals surface area contributed by atoms with Crippen LogP contribution in [0.25, 0.3) is 0 Å². The van der Waals surface area contributed by atoms with Crippen LogP contribution in [0.5, 0.6) is 0 Å². The third-order valence-electron chi connectivity index (χ3n) is 0.669. The standard InChI is InChI=1S/C6H4Br.ClH.HI.Li.Zn/c7-6-4-2-1-3-5-6;;;;/h1-2,4-5H;2*1H;;/q-1;;;+1;+2/p-2. The van der Waals surface area contributed by atoms with Crippen LogP contribution >= 0.6 is 35.7 Å². The summed E-state index contributed by atoms with van der Waals surface area (Å²) in [6.07, 6.45) is 0. The molecule has 0 aliphatic carbocycles. The van der Waals surface area contributed by atoms with Crippen molar-refractivity contribution in [1.29, 1.82) is 0 Å². The van der Waals surface area contributed by atoms with E-state index in [-0.39, 0.29) is 31.3 Å². The van der Waals surface area contributed by atoms with Gasteiger partial charge in [0.25, 0.3) is 0 Å². The SMILES string of the molecule is Brc1c[c-]ccc1.[Cl-].[Li+].[Zn+][I]. The van der Waals surface area contributed by atoms with Crippen LogP contribution in [0.2, 0.25) is 0 Å². The zero-order valence-corrected chi connectivity index (χ0v) is 13.6. The second-order valence-corrected chi connectivity index (χ2v) is 2.14. The third-order valence-corrected chi connectivity index (χ3v) is 1.16. The first kappa shape index (κ1) is 18.7. The quantitative estimate of drug-likeness (QED) is 0.254. The molecule has 0 saturated heterocycles. The predicted octanol–water partition coefficient (Wildman–Crippen LogP) is -2.86. The minimum absolute atomic E-state index is 0. The van der Waals surface area contributed by atoms with Gasteiger partial charge in [-0.3, -0.25) is 0 Å². The van der Waals surface area contributed by atoms with Gasteiger partial charge in [0.1, 0.15) is 0 Å². The number of hydrogen-bond donors (Lipinski definition) is 0. The fourth-order valence-corrected chi connectivity index (χ4v) is 0.656. The number of halogens is 3. The Labute approximate surface area is 115 Å². The number of hydrogen-bond acceptors (Lipinski definition) is 0. The Kier molecular flexibility index (Phi) is 24.6. The van der Waals surface area contributed by atoms with E-state index in [1.165, 1.54) is 14.8 Å². The third kappa shape index (κ3) is 11.9. The molecule has 5 heteroatoms. The molecule has 0 bridgehead atoms. The molecule has 0 heterocycles. The molecule has 52 valence electrons. The molecule has 0 aliphatic heterocycles. The Bertz CT molecular complexity index is 153. The van der Waals surface area contributed by atoms with Crippen molar-refractivity contribution in [2.75, 3.05) is 0 Å². The molecule has 0 radical (unpaired) electrons. The van der Waals surface area contributed by atoms with Crippen molar-refractivity contribution in [3.8, 4) is 0 Å². The van der Waals surface area contributed by atoms with E-state index < -0.39 is 0 Å². The Morgan fingerprint density at radius 2 is 2.00 bits per heavy atom. The molecule has 1 aromatic carbocycles. The van der Waals surface area contributed by atoms with Gasteiger partial charge in [0.05, 0.1) is 0 Å². The minimum atomic E-state index is 0. The van der Waals surface area contributed by atoms with Crippen LogP contribution in [0.15, 0.2) is 28.7 Å². The van der Waals surface area contributed by atoms with Crippen molar-refractivity contribution in [1.82, 2.24) is 0 Å². The van der Waals surface area contributed by atoms with Crippen LogP contribution in [0, 0.1) is 6.07 Å². The van der Waals surface area contributed by atoms with Crippen molar-refractivity contribution in [2.24, 2.45) is 0 Å². The summed E-state index contributed by atoms with van der Waals surface area (Å²) in [6, 6.07) is 10.6. The molecular weight excluding hydrogens is 387 g/mol. The molecule has 0 fully saturated rings. The van der Waals surface area contributed by atoms with Gasteiger partial charge in [-0.25, -0.2) is 0 Å². The topological polar surface area (TPSA) is 0 Å². The van der Waals surface area contributed by atoms with Crippen LogP contribution < -0.4 is 31.3 Å². The van der Waals surface area contributed by atoms with Crippen molar-refractivity contribution >= 4 is 35.7 Å². The molecule has 1 rings (SSSR count). The summed E-state index contributed by atoms with van der Waals surface area (Å²) in [4.78, 5) is 0. The van der Waals surface area contributed by atoms with Gasteiger partial charge in [0.2, 0.25) is 0 Å². The summed E-state index contributed by atoms with van der Waals surface area (Å²) >= 11 is 6.90. The molecule has 0 spiro atoms. The average molecular weight is 391 g/mol. The maximum absolute atomic E-state index is 3.28. The zero-order chi connectivity index (χ0) is 7.11. The first-order valence-corrected chi connectivity index (χ1v) is 12.1. The van der Waals surface area contributed by atoms with E-state index in [4.69, 9.17) is 0 Å². The predicted molar refractivity (Wildman–Crippen MR) is 47.0 cm³/mol. The Morgan fingerprint density at radius 1 is 1.45 bits per heavy atom. The summed E-state index contributed by atoms with van der Waals surface area (Å²) in [7, 11) is 0. The van der Waals surface area contributed by atoms with E-state index in [1.54, 1.807) is 0 Å². The Balaban J connectivity index is -0.000000149. The molecule has 0 aromatic heterocycles. The van der Waals surface area contributed by atoms with Gasteiger partial charge in [0, 0.05) is 0 Å². The molecule has 0 nitrogen and oxygen atoms in total. The summed E-state index contributed by atoms with van der Waals surface area (Å²) in [5.41, 5.74) is 0. The first-order chi connectivity index (χ1) is 4.39. The molecule has 0 N–H and O–H groups in total. The molecule has 11 heavy (non-hydrogen) atoms. The summed E-state index contributed by atoms with van der Waals surface area (Å²) in [5, 5.41) is 0. The van der Waals surface area contributed by atoms with Gasteiger partial charge >= 0.3 is 53.4 Å². The average Bonchev–Trinajstić information content (AvgIpc) is 1.94. The van der Waals surface area contributed by atoms with Crippen molar-refractivity contribution in [3.63, 3.8) is 0 Å². The van der Waals surface area contributed by atoms with Gasteiger partial charge in [-0.1, -0.05) is 4.47 Å². The fourth-order valence-electron chi connectivity index (χ4n) is 0.371. The van der Waals surface area contributed by atoms with Crippen LogP contribution in [-0.4, -0.2) is 0 Å². The first-order valence-electron chi connectivity index (χ1n) is 2.28. The van der Waals surface area contributed by atoms with E-state index >= 15 is 0 Å². The molecule has 0 amide bonds. The second-order valence-electron chi connectivity index (χ2n) is 1.22. The molecule has 0 unspecified atom stereocenters. The van der Waals surface area contributed by atoms with Gasteiger partial charge < -0.3 is 12.4 Å². The monoisotopic (exact) mass is 388 g/mol. The normalized spacial score (nSPS) is 6.18. The molecule has 0 saturated carbocycles. The van der Waals surface area contributed by atoms with E-state index in [0.717, 1.165) is 4.47 Å². The molecule has 0 aliphatic rings. The van der Waals surface area contributed by atoms with Gasteiger partial charge in [-0.2, -0.15) is 30.3 Å². The van der Waals surface area contributed by atoms with Crippen LogP contribution in [0.3, 0.4) is 0 Å². The second kappa shape index (κ2) is 14.5. The zero-order valence-electron chi connectivity index (χ0n) is 6.15. The molecule has 1 aromatic rings. The number of benzene rings is 1. The summed E-state index contributed by atoms with van der Waals surface area (Å²) < 4.78 is 1.08. The van der Waals surface area contributed by atoms with Crippen molar-refractivity contribution in [3.05, 3.63) is 34.8 Å². The van der Waals surface area contributed by atoms with Crippen LogP contribution in [0.1, 0.15) is 0 Å². The van der Waals surface area contributed by atoms with Gasteiger partial charge in [-0.15, -0.1) is 15.9 Å².